The Bertz CT molecular complexity index is 727. The van der Waals surface area contributed by atoms with Gasteiger partial charge in [-0.1, -0.05) is 37.0 Å². The molecule has 0 aliphatic heterocycles. The summed E-state index contributed by atoms with van der Waals surface area (Å²) in [5, 5.41) is 10.4. The largest absolute Gasteiger partial charge is 0.544 e. The molecule has 0 radical (unpaired) electrons. The Labute approximate surface area is 172 Å². The zero-order valence-electron chi connectivity index (χ0n) is 15.2. The fourth-order valence-electron chi connectivity index (χ4n) is 1.98. The van der Waals surface area contributed by atoms with Crippen molar-refractivity contribution in [3.05, 3.63) is 50.1 Å². The van der Waals surface area contributed by atoms with Gasteiger partial charge in [-0.25, -0.2) is 4.79 Å². The topological polar surface area (TPSA) is 97.3 Å². The van der Waals surface area contributed by atoms with Crippen LogP contribution in [0.4, 0.5) is 5.69 Å². The number of halogens is 2. The number of quaternary nitrogens is 1. The van der Waals surface area contributed by atoms with Gasteiger partial charge in [0.15, 0.2) is 0 Å². The number of rotatable bonds is 7. The van der Waals surface area contributed by atoms with Crippen LogP contribution in [0.3, 0.4) is 0 Å². The third-order valence-electron chi connectivity index (χ3n) is 3.57. The van der Waals surface area contributed by atoms with Gasteiger partial charge in [0, 0.05) is 6.54 Å². The normalized spacial score (nSPS) is 10.3. The Morgan fingerprint density at radius 2 is 1.78 bits per heavy atom. The first-order valence-corrected chi connectivity index (χ1v) is 9.83. The Kier molecular flexibility index (Phi) is 10.4. The molecule has 1 aromatic carbocycles. The first kappa shape index (κ1) is 23.4. The van der Waals surface area contributed by atoms with Crippen LogP contribution in [0, 0.1) is 0 Å². The van der Waals surface area contributed by atoms with Gasteiger partial charge in [0.25, 0.3) is 0 Å². The van der Waals surface area contributed by atoms with Crippen molar-refractivity contribution in [2.45, 2.75) is 13.8 Å². The average molecular weight is 433 g/mol. The number of carbonyl (C=O) groups excluding carboxylic acids is 2. The van der Waals surface area contributed by atoms with E-state index in [1.807, 2.05) is 0 Å². The minimum atomic E-state index is -1.25. The standard InChI is InChI=1S/C13H20N2O2.C5H2Cl2O2S/c1-3-15(4-2)9-10-17-13(16)11-5-7-12(14)8-6-11;6-2-1-3(5(8)9)10-4(2)7/h5-8H,3-4,9-10,14H2,1-2H3;1H,(H,8,9). The number of ether oxygens (including phenoxy) is 1. The maximum absolute atomic E-state index is 11.7. The summed E-state index contributed by atoms with van der Waals surface area (Å²) in [5.41, 5.74) is 5.24. The second-order valence-corrected chi connectivity index (χ2v) is 7.44. The van der Waals surface area contributed by atoms with Crippen molar-refractivity contribution < 1.29 is 25.2 Å². The lowest BCUT2D eigenvalue weighted by atomic mass is 10.2. The first-order chi connectivity index (χ1) is 12.8. The highest BCUT2D eigenvalue weighted by molar-refractivity contribution is 7.18. The number of benzene rings is 1. The molecule has 0 amide bonds. The Morgan fingerprint density at radius 1 is 1.19 bits per heavy atom. The number of likely N-dealkylation sites (N-methyl/N-ethyl adjacent to an activating group) is 1. The van der Waals surface area contributed by atoms with Crippen LogP contribution in [-0.2, 0) is 4.74 Å². The fraction of sp³-hybridized carbons (Fsp3) is 0.333. The number of thiophene rings is 1. The van der Waals surface area contributed by atoms with Crippen LogP contribution < -0.4 is 10.8 Å². The number of carbonyl (C=O) groups is 2. The molecule has 0 unspecified atom stereocenters. The van der Waals surface area contributed by atoms with Crippen LogP contribution in [0.25, 0.3) is 0 Å². The van der Waals surface area contributed by atoms with E-state index in [-0.39, 0.29) is 20.2 Å². The number of carboxylic acid groups (broad SMARTS) is 1. The number of esters is 1. The van der Waals surface area contributed by atoms with Crippen LogP contribution in [0.5, 0.6) is 0 Å². The fourth-order valence-corrected chi connectivity index (χ4v) is 3.18. The van der Waals surface area contributed by atoms with Crippen molar-refractivity contribution in [1.82, 2.24) is 4.90 Å². The summed E-state index contributed by atoms with van der Waals surface area (Å²) in [5.74, 6) is -1.52. The molecule has 0 aliphatic carbocycles. The molecule has 1 heterocycles. The highest BCUT2D eigenvalue weighted by Crippen LogP contribution is 2.30. The van der Waals surface area contributed by atoms with Gasteiger partial charge < -0.3 is 25.3 Å². The van der Waals surface area contributed by atoms with Gasteiger partial charge in [-0.15, -0.1) is 11.3 Å². The molecule has 9 heteroatoms. The van der Waals surface area contributed by atoms with Crippen LogP contribution in [-0.4, -0.2) is 43.1 Å². The summed E-state index contributed by atoms with van der Waals surface area (Å²) in [6.45, 7) is 7.36. The molecule has 0 aliphatic rings. The zero-order valence-corrected chi connectivity index (χ0v) is 17.5. The molecule has 0 spiro atoms. The summed E-state index contributed by atoms with van der Waals surface area (Å²) < 4.78 is 5.48. The van der Waals surface area contributed by atoms with Gasteiger partial charge in [-0.3, -0.25) is 0 Å². The maximum atomic E-state index is 11.7. The zero-order chi connectivity index (χ0) is 20.4. The predicted molar refractivity (Wildman–Crippen MR) is 106 cm³/mol. The molecular formula is C18H22Cl2N2O4S. The van der Waals surface area contributed by atoms with Crippen molar-refractivity contribution in [2.24, 2.45) is 0 Å². The summed E-state index contributed by atoms with van der Waals surface area (Å²) in [6, 6.07) is 8.36. The summed E-state index contributed by atoms with van der Waals surface area (Å²) in [4.78, 5) is 24.1. The summed E-state index contributed by atoms with van der Waals surface area (Å²) in [7, 11) is 0. The maximum Gasteiger partial charge on any atom is 0.338 e. The van der Waals surface area contributed by atoms with E-state index in [9.17, 15) is 14.7 Å². The van der Waals surface area contributed by atoms with E-state index in [1.54, 1.807) is 24.3 Å². The molecule has 1 aromatic heterocycles. The first-order valence-electron chi connectivity index (χ1n) is 8.26. The quantitative estimate of drug-likeness (QED) is 0.677. The monoisotopic (exact) mass is 432 g/mol. The van der Waals surface area contributed by atoms with E-state index >= 15 is 0 Å². The van der Waals surface area contributed by atoms with Gasteiger partial charge in [-0.2, -0.15) is 0 Å². The van der Waals surface area contributed by atoms with E-state index in [0.29, 0.717) is 12.2 Å². The summed E-state index contributed by atoms with van der Waals surface area (Å²) in [6.07, 6.45) is 0. The SMILES string of the molecule is CCN(CC)CCOC(=O)c1ccc([NH3+])cc1.O=C([O-])c1cc(Cl)c(Cl)s1. The lowest BCUT2D eigenvalue weighted by molar-refractivity contribution is -0.255. The van der Waals surface area contributed by atoms with Crippen molar-refractivity contribution in [3.8, 4) is 0 Å². The lowest BCUT2D eigenvalue weighted by Crippen LogP contribution is -2.39. The average Bonchev–Trinajstić information content (AvgIpc) is 2.99. The number of nitrogens with zero attached hydrogens (tertiary/aromatic N) is 1. The van der Waals surface area contributed by atoms with Gasteiger partial charge in [0.05, 0.1) is 21.4 Å². The molecule has 0 saturated heterocycles. The number of carboxylic acids is 1. The molecule has 3 N–H and O–H groups in total. The van der Waals surface area contributed by atoms with Crippen molar-refractivity contribution in [3.63, 3.8) is 0 Å². The Hall–Kier alpha value is -1.64. The van der Waals surface area contributed by atoms with Crippen LogP contribution in [0.1, 0.15) is 33.9 Å². The molecule has 0 saturated carbocycles. The minimum Gasteiger partial charge on any atom is -0.544 e. The highest BCUT2D eigenvalue weighted by Gasteiger charge is 2.08. The number of aromatic carboxylic acids is 1. The number of hydrogen-bond acceptors (Lipinski definition) is 6. The van der Waals surface area contributed by atoms with Crippen molar-refractivity contribution in [2.75, 3.05) is 26.2 Å². The minimum absolute atomic E-state index is 0.0509. The van der Waals surface area contributed by atoms with Gasteiger partial charge in [0.2, 0.25) is 0 Å². The van der Waals surface area contributed by atoms with E-state index in [1.165, 1.54) is 6.07 Å². The van der Waals surface area contributed by atoms with E-state index in [2.05, 4.69) is 24.5 Å². The predicted octanol–water partition coefficient (Wildman–Crippen LogP) is 2.48. The molecule has 0 bridgehead atoms. The molecule has 148 valence electrons. The van der Waals surface area contributed by atoms with Crippen LogP contribution in [0.2, 0.25) is 9.36 Å². The van der Waals surface area contributed by atoms with Gasteiger partial charge in [0.1, 0.15) is 16.6 Å². The van der Waals surface area contributed by atoms with E-state index in [4.69, 9.17) is 27.9 Å². The Balaban J connectivity index is 0.000000309. The second-order valence-electron chi connectivity index (χ2n) is 5.38. The smallest absolute Gasteiger partial charge is 0.338 e. The van der Waals surface area contributed by atoms with Gasteiger partial charge >= 0.3 is 5.97 Å². The lowest BCUT2D eigenvalue weighted by Gasteiger charge is -2.17. The van der Waals surface area contributed by atoms with E-state index < -0.39 is 5.97 Å². The molecule has 2 aromatic rings. The molecule has 27 heavy (non-hydrogen) atoms. The van der Waals surface area contributed by atoms with Crippen LogP contribution >= 0.6 is 34.5 Å². The number of hydrogen-bond donors (Lipinski definition) is 1. The van der Waals surface area contributed by atoms with Crippen molar-refractivity contribution >= 4 is 52.2 Å². The molecule has 2 rings (SSSR count). The third kappa shape index (κ3) is 8.28. The molecule has 0 atom stereocenters. The van der Waals surface area contributed by atoms with Crippen LogP contribution in [0.15, 0.2) is 30.3 Å². The molecular weight excluding hydrogens is 411 g/mol. The van der Waals surface area contributed by atoms with E-state index in [0.717, 1.165) is 36.7 Å². The summed E-state index contributed by atoms with van der Waals surface area (Å²) >= 11 is 11.8. The molecule has 0 fully saturated rings. The van der Waals surface area contributed by atoms with Gasteiger partial charge in [-0.05, 0) is 43.4 Å². The highest BCUT2D eigenvalue weighted by atomic mass is 35.5. The Morgan fingerprint density at radius 3 is 2.19 bits per heavy atom. The second kappa shape index (κ2) is 11.9. The molecule has 6 nitrogen and oxygen atoms in total. The van der Waals surface area contributed by atoms with Crippen molar-refractivity contribution in [1.29, 1.82) is 0 Å². The third-order valence-corrected chi connectivity index (χ3v) is 5.42.